The molecule has 0 aromatic rings. The number of aliphatic hydroxyl groups is 1. The molecule has 0 saturated heterocycles. The Morgan fingerprint density at radius 3 is 2.25 bits per heavy atom. The third-order valence-electron chi connectivity index (χ3n) is 3.32. The van der Waals surface area contributed by atoms with Gasteiger partial charge in [0.05, 0.1) is 6.61 Å². The standard InChI is InChI=1S/C13H28O2Si/c1-11(9-14)8-12(2)10-15-16(6,7)13(3,4)5/h8,11,14H,9-10H2,1-7H3/b12-8+/t11-/m1/s1. The third-order valence-corrected chi connectivity index (χ3v) is 7.80. The van der Waals surface area contributed by atoms with Crippen molar-refractivity contribution < 1.29 is 9.53 Å². The lowest BCUT2D eigenvalue weighted by atomic mass is 10.1. The topological polar surface area (TPSA) is 29.5 Å². The van der Waals surface area contributed by atoms with Crippen LogP contribution < -0.4 is 0 Å². The minimum absolute atomic E-state index is 0.206. The predicted octanol–water partition coefficient (Wildman–Crippen LogP) is 3.58. The Labute approximate surface area is 102 Å². The average Bonchev–Trinajstić information content (AvgIpc) is 2.13. The first-order chi connectivity index (χ1) is 7.10. The van der Waals surface area contributed by atoms with E-state index in [1.165, 1.54) is 5.57 Å². The van der Waals surface area contributed by atoms with E-state index in [1.54, 1.807) is 0 Å². The Balaban J connectivity index is 4.30. The highest BCUT2D eigenvalue weighted by Gasteiger charge is 2.36. The van der Waals surface area contributed by atoms with E-state index in [4.69, 9.17) is 9.53 Å². The number of hydrogen-bond acceptors (Lipinski definition) is 2. The SMILES string of the molecule is C/C(=C\[C@@H](C)CO)CO[Si](C)(C)C(C)(C)C. The predicted molar refractivity (Wildman–Crippen MR) is 73.2 cm³/mol. The molecule has 0 bridgehead atoms. The van der Waals surface area contributed by atoms with Crippen LogP contribution in [-0.2, 0) is 4.43 Å². The average molecular weight is 244 g/mol. The summed E-state index contributed by atoms with van der Waals surface area (Å²) in [6.45, 7) is 16.2. The minimum atomic E-state index is -1.63. The van der Waals surface area contributed by atoms with Gasteiger partial charge in [0.1, 0.15) is 0 Å². The van der Waals surface area contributed by atoms with Crippen LogP contribution in [0, 0.1) is 5.92 Å². The van der Waals surface area contributed by atoms with Crippen molar-refractivity contribution in [2.24, 2.45) is 5.92 Å². The summed E-state index contributed by atoms with van der Waals surface area (Å²) >= 11 is 0. The first kappa shape index (κ1) is 15.9. The minimum Gasteiger partial charge on any atom is -0.413 e. The molecular formula is C13H28O2Si. The van der Waals surface area contributed by atoms with E-state index in [9.17, 15) is 0 Å². The van der Waals surface area contributed by atoms with Crippen LogP contribution in [0.15, 0.2) is 11.6 Å². The van der Waals surface area contributed by atoms with Gasteiger partial charge in [-0.05, 0) is 31.0 Å². The van der Waals surface area contributed by atoms with Crippen molar-refractivity contribution in [3.05, 3.63) is 11.6 Å². The first-order valence-electron chi connectivity index (χ1n) is 6.02. The molecule has 0 heterocycles. The third kappa shape index (κ3) is 5.28. The molecule has 0 aromatic heterocycles. The molecule has 0 spiro atoms. The van der Waals surface area contributed by atoms with Crippen LogP contribution in [0.25, 0.3) is 0 Å². The van der Waals surface area contributed by atoms with E-state index in [0.29, 0.717) is 6.61 Å². The van der Waals surface area contributed by atoms with E-state index in [1.807, 2.05) is 6.92 Å². The molecule has 0 aromatic carbocycles. The van der Waals surface area contributed by atoms with Gasteiger partial charge >= 0.3 is 0 Å². The molecule has 0 fully saturated rings. The van der Waals surface area contributed by atoms with E-state index in [-0.39, 0.29) is 17.6 Å². The van der Waals surface area contributed by atoms with Crippen LogP contribution in [0.5, 0.6) is 0 Å². The maximum Gasteiger partial charge on any atom is 0.192 e. The van der Waals surface area contributed by atoms with Gasteiger partial charge in [-0.1, -0.05) is 39.3 Å². The van der Waals surface area contributed by atoms with Crippen LogP contribution in [0.3, 0.4) is 0 Å². The molecule has 3 heteroatoms. The highest BCUT2D eigenvalue weighted by Crippen LogP contribution is 2.36. The van der Waals surface area contributed by atoms with E-state index in [0.717, 1.165) is 0 Å². The molecule has 96 valence electrons. The van der Waals surface area contributed by atoms with Crippen LogP contribution in [0.4, 0.5) is 0 Å². The Morgan fingerprint density at radius 1 is 1.38 bits per heavy atom. The van der Waals surface area contributed by atoms with Gasteiger partial charge in [0.2, 0.25) is 0 Å². The largest absolute Gasteiger partial charge is 0.413 e. The van der Waals surface area contributed by atoms with Crippen molar-refractivity contribution in [3.63, 3.8) is 0 Å². The molecule has 1 N–H and O–H groups in total. The molecule has 0 radical (unpaired) electrons. The summed E-state index contributed by atoms with van der Waals surface area (Å²) in [5.74, 6) is 0.225. The van der Waals surface area contributed by atoms with Gasteiger partial charge in [-0.25, -0.2) is 0 Å². The van der Waals surface area contributed by atoms with Crippen molar-refractivity contribution in [3.8, 4) is 0 Å². The van der Waals surface area contributed by atoms with Gasteiger partial charge in [0, 0.05) is 6.61 Å². The maximum absolute atomic E-state index is 8.96. The fourth-order valence-corrected chi connectivity index (χ4v) is 2.12. The zero-order chi connectivity index (χ0) is 13.0. The Hall–Kier alpha value is -0.123. The van der Waals surface area contributed by atoms with Gasteiger partial charge < -0.3 is 9.53 Å². The van der Waals surface area contributed by atoms with Crippen LogP contribution in [-0.4, -0.2) is 26.6 Å². The number of hydrogen-bond donors (Lipinski definition) is 1. The number of aliphatic hydroxyl groups excluding tert-OH is 1. The van der Waals surface area contributed by atoms with Crippen molar-refractivity contribution in [1.82, 2.24) is 0 Å². The lowest BCUT2D eigenvalue weighted by Crippen LogP contribution is -2.41. The zero-order valence-corrected chi connectivity index (χ0v) is 12.9. The summed E-state index contributed by atoms with van der Waals surface area (Å²) in [4.78, 5) is 0. The molecule has 0 rings (SSSR count). The summed E-state index contributed by atoms with van der Waals surface area (Å²) in [5, 5.41) is 9.22. The van der Waals surface area contributed by atoms with Crippen LogP contribution in [0.2, 0.25) is 18.1 Å². The van der Waals surface area contributed by atoms with Gasteiger partial charge in [-0.2, -0.15) is 0 Å². The smallest absolute Gasteiger partial charge is 0.192 e. The van der Waals surface area contributed by atoms with Crippen LogP contribution in [0.1, 0.15) is 34.6 Å². The monoisotopic (exact) mass is 244 g/mol. The second kappa shape index (κ2) is 5.99. The molecule has 0 amide bonds. The van der Waals surface area contributed by atoms with Gasteiger partial charge in [-0.3, -0.25) is 0 Å². The first-order valence-corrected chi connectivity index (χ1v) is 8.93. The highest BCUT2D eigenvalue weighted by atomic mass is 28.4. The van der Waals surface area contributed by atoms with E-state index >= 15 is 0 Å². The summed E-state index contributed by atoms with van der Waals surface area (Å²) in [6, 6.07) is 0. The highest BCUT2D eigenvalue weighted by molar-refractivity contribution is 6.74. The summed E-state index contributed by atoms with van der Waals surface area (Å²) in [7, 11) is -1.63. The van der Waals surface area contributed by atoms with Crippen molar-refractivity contribution >= 4 is 8.32 Å². The number of rotatable bonds is 5. The lowest BCUT2D eigenvalue weighted by molar-refractivity contribution is 0.260. The molecular weight excluding hydrogens is 216 g/mol. The molecule has 0 aliphatic carbocycles. The lowest BCUT2D eigenvalue weighted by Gasteiger charge is -2.36. The summed E-state index contributed by atoms with van der Waals surface area (Å²) in [6.07, 6.45) is 2.09. The fourth-order valence-electron chi connectivity index (χ4n) is 1.10. The Kier molecular flexibility index (Phi) is 5.94. The molecule has 0 aliphatic rings. The van der Waals surface area contributed by atoms with Crippen molar-refractivity contribution in [1.29, 1.82) is 0 Å². The molecule has 0 aliphatic heterocycles. The summed E-state index contributed by atoms with van der Waals surface area (Å²) < 4.78 is 6.09. The normalized spacial score (nSPS) is 16.4. The quantitative estimate of drug-likeness (QED) is 0.591. The summed E-state index contributed by atoms with van der Waals surface area (Å²) in [5.41, 5.74) is 1.21. The van der Waals surface area contributed by atoms with Gasteiger partial charge in [-0.15, -0.1) is 0 Å². The Morgan fingerprint density at radius 2 is 1.88 bits per heavy atom. The van der Waals surface area contributed by atoms with Crippen molar-refractivity contribution in [2.75, 3.05) is 13.2 Å². The van der Waals surface area contributed by atoms with Crippen LogP contribution >= 0.6 is 0 Å². The van der Waals surface area contributed by atoms with Gasteiger partial charge in [0.15, 0.2) is 8.32 Å². The van der Waals surface area contributed by atoms with E-state index < -0.39 is 8.32 Å². The second-order valence-corrected chi connectivity index (χ2v) is 11.0. The molecule has 0 saturated carbocycles. The second-order valence-electron chi connectivity index (χ2n) is 6.22. The molecule has 2 nitrogen and oxygen atoms in total. The molecule has 0 unspecified atom stereocenters. The molecule has 1 atom stereocenters. The van der Waals surface area contributed by atoms with Crippen molar-refractivity contribution in [2.45, 2.75) is 52.8 Å². The maximum atomic E-state index is 8.96. The fraction of sp³-hybridized carbons (Fsp3) is 0.846. The van der Waals surface area contributed by atoms with E-state index in [2.05, 4.69) is 46.9 Å². The Bertz CT molecular complexity index is 239. The molecule has 16 heavy (non-hydrogen) atoms. The van der Waals surface area contributed by atoms with Gasteiger partial charge in [0.25, 0.3) is 0 Å². The zero-order valence-electron chi connectivity index (χ0n) is 11.9.